The molecule has 0 aliphatic carbocycles. The minimum atomic E-state index is -4.09. The van der Waals surface area contributed by atoms with Crippen molar-refractivity contribution in [2.75, 3.05) is 0 Å². The molecule has 1 atom stereocenters. The molecule has 8 heteroatoms. The van der Waals surface area contributed by atoms with Gasteiger partial charge in [0.25, 0.3) is 0 Å². The molecule has 0 spiro atoms. The summed E-state index contributed by atoms with van der Waals surface area (Å²) in [5, 5.41) is 15.9. The van der Waals surface area contributed by atoms with Crippen LogP contribution in [-0.2, 0) is 9.59 Å². The minimum absolute atomic E-state index is 0. The van der Waals surface area contributed by atoms with Crippen molar-refractivity contribution in [3.05, 3.63) is 0 Å². The second-order valence-corrected chi connectivity index (χ2v) is 2.16. The van der Waals surface area contributed by atoms with Gasteiger partial charge in [0.05, 0.1) is 0 Å². The molecule has 0 bridgehead atoms. The first-order valence-corrected chi connectivity index (χ1v) is 2.87. The molecule has 0 saturated heterocycles. The molecule has 0 aliphatic heterocycles. The van der Waals surface area contributed by atoms with Crippen molar-refractivity contribution in [3.8, 4) is 0 Å². The first-order valence-electron chi connectivity index (χ1n) is 2.87. The van der Waals surface area contributed by atoms with E-state index in [1.165, 1.54) is 0 Å². The van der Waals surface area contributed by atoms with Crippen LogP contribution in [0.15, 0.2) is 0 Å². The molecule has 0 saturated carbocycles. The van der Waals surface area contributed by atoms with Gasteiger partial charge in [-0.3, -0.25) is 4.79 Å². The second-order valence-electron chi connectivity index (χ2n) is 2.16. The number of alkyl halides is 2. The second kappa shape index (κ2) is 4.93. The summed E-state index contributed by atoms with van der Waals surface area (Å²) < 4.78 is 24.4. The number of carbonyl (C=O) groups is 2. The van der Waals surface area contributed by atoms with Gasteiger partial charge in [-0.05, 0) is 0 Å². The number of hydrogen-bond donors (Lipinski definition) is 3. The highest BCUT2D eigenvalue weighted by Gasteiger charge is 2.41. The summed E-state index contributed by atoms with van der Waals surface area (Å²) in [5.41, 5.74) is 4.70. The lowest BCUT2D eigenvalue weighted by Crippen LogP contribution is -2.40. The molecular weight excluding hydrogens is 212 g/mol. The summed E-state index contributed by atoms with van der Waals surface area (Å²) in [6.45, 7) is 0. The van der Waals surface area contributed by atoms with Gasteiger partial charge in [-0.25, -0.2) is 4.79 Å². The summed E-state index contributed by atoms with van der Waals surface area (Å²) >= 11 is 0. The van der Waals surface area contributed by atoms with Crippen molar-refractivity contribution < 1.29 is 28.6 Å². The molecule has 13 heavy (non-hydrogen) atoms. The van der Waals surface area contributed by atoms with E-state index in [-0.39, 0.29) is 12.4 Å². The number of halogens is 3. The fourth-order valence-corrected chi connectivity index (χ4v) is 0.451. The Labute approximate surface area is 77.9 Å². The summed E-state index contributed by atoms with van der Waals surface area (Å²) in [6, 6.07) is -1.86. The lowest BCUT2D eigenvalue weighted by molar-refractivity contribution is -0.167. The van der Waals surface area contributed by atoms with Gasteiger partial charge in [-0.15, -0.1) is 12.4 Å². The molecule has 0 aromatic carbocycles. The highest BCUT2D eigenvalue weighted by Crippen LogP contribution is 2.19. The molecule has 0 aromatic rings. The fourth-order valence-electron chi connectivity index (χ4n) is 0.451. The molecular formula is C5H8ClF2NO4. The average molecular weight is 220 g/mol. The normalized spacial score (nSPS) is 12.8. The van der Waals surface area contributed by atoms with Crippen LogP contribution in [0.1, 0.15) is 6.42 Å². The van der Waals surface area contributed by atoms with Gasteiger partial charge >= 0.3 is 17.9 Å². The van der Waals surface area contributed by atoms with Crippen LogP contribution in [0.4, 0.5) is 8.78 Å². The number of hydrogen-bond acceptors (Lipinski definition) is 3. The third-order valence-electron chi connectivity index (χ3n) is 1.11. The lowest BCUT2D eigenvalue weighted by atomic mass is 10.1. The molecule has 5 nitrogen and oxygen atoms in total. The third kappa shape index (κ3) is 4.58. The largest absolute Gasteiger partial charge is 0.480 e. The molecule has 0 amide bonds. The lowest BCUT2D eigenvalue weighted by Gasteiger charge is -2.12. The van der Waals surface area contributed by atoms with Crippen LogP contribution < -0.4 is 5.73 Å². The first kappa shape index (κ1) is 14.6. The Hall–Kier alpha value is -0.950. The van der Waals surface area contributed by atoms with Crippen LogP contribution in [0.25, 0.3) is 0 Å². The van der Waals surface area contributed by atoms with Crippen LogP contribution in [-0.4, -0.2) is 34.1 Å². The van der Waals surface area contributed by atoms with Gasteiger partial charge in [-0.2, -0.15) is 8.78 Å². The molecule has 1 unspecified atom stereocenters. The standard InChI is InChI=1S/C5H7F2NO4.ClH/c6-5(7,4(11)12)1-2(8)3(9)10;/h2H,1,8H2,(H,9,10)(H,11,12);1H. The van der Waals surface area contributed by atoms with E-state index >= 15 is 0 Å². The number of aliphatic carboxylic acids is 2. The summed E-state index contributed by atoms with van der Waals surface area (Å²) in [5.74, 6) is -8.12. The Kier molecular flexibility index (Phi) is 5.52. The zero-order valence-electron chi connectivity index (χ0n) is 6.24. The molecule has 4 N–H and O–H groups in total. The van der Waals surface area contributed by atoms with Gasteiger partial charge in [0.15, 0.2) is 0 Å². The Bertz CT molecular complexity index is 211. The zero-order valence-corrected chi connectivity index (χ0v) is 7.05. The summed E-state index contributed by atoms with van der Waals surface area (Å²) in [6.07, 6.45) is -1.41. The SMILES string of the molecule is Cl.NC(CC(F)(F)C(=O)O)C(=O)O. The molecule has 0 fully saturated rings. The Morgan fingerprint density at radius 2 is 1.77 bits per heavy atom. The van der Waals surface area contributed by atoms with Gasteiger partial charge in [-0.1, -0.05) is 0 Å². The van der Waals surface area contributed by atoms with Crippen molar-refractivity contribution in [2.24, 2.45) is 5.73 Å². The Morgan fingerprint density at radius 1 is 1.38 bits per heavy atom. The molecule has 0 heterocycles. The van der Waals surface area contributed by atoms with Gasteiger partial charge < -0.3 is 15.9 Å². The van der Waals surface area contributed by atoms with Crippen LogP contribution in [0.2, 0.25) is 0 Å². The van der Waals surface area contributed by atoms with E-state index < -0.39 is 30.3 Å². The maximum absolute atomic E-state index is 12.2. The van der Waals surface area contributed by atoms with E-state index in [2.05, 4.69) is 0 Å². The van der Waals surface area contributed by atoms with E-state index in [1.807, 2.05) is 0 Å². The first-order chi connectivity index (χ1) is 5.27. The molecule has 0 radical (unpaired) electrons. The minimum Gasteiger partial charge on any atom is -0.480 e. The van der Waals surface area contributed by atoms with Crippen molar-refractivity contribution >= 4 is 24.3 Å². The third-order valence-corrected chi connectivity index (χ3v) is 1.11. The van der Waals surface area contributed by atoms with Gasteiger partial charge in [0, 0.05) is 6.42 Å². The van der Waals surface area contributed by atoms with E-state index in [1.54, 1.807) is 0 Å². The topological polar surface area (TPSA) is 101 Å². The van der Waals surface area contributed by atoms with E-state index in [9.17, 15) is 18.4 Å². The number of carboxylic acids is 2. The van der Waals surface area contributed by atoms with E-state index in [0.717, 1.165) is 0 Å². The maximum Gasteiger partial charge on any atom is 0.374 e. The van der Waals surface area contributed by atoms with E-state index in [0.29, 0.717) is 0 Å². The summed E-state index contributed by atoms with van der Waals surface area (Å²) in [4.78, 5) is 19.7. The van der Waals surface area contributed by atoms with Crippen LogP contribution >= 0.6 is 12.4 Å². The quantitative estimate of drug-likeness (QED) is 0.615. The molecule has 78 valence electrons. The van der Waals surface area contributed by atoms with Crippen LogP contribution in [0, 0.1) is 0 Å². The van der Waals surface area contributed by atoms with E-state index in [4.69, 9.17) is 15.9 Å². The van der Waals surface area contributed by atoms with Gasteiger partial charge in [0.1, 0.15) is 6.04 Å². The van der Waals surface area contributed by atoms with Crippen molar-refractivity contribution in [1.82, 2.24) is 0 Å². The molecule has 0 aliphatic rings. The van der Waals surface area contributed by atoms with Gasteiger partial charge in [0.2, 0.25) is 0 Å². The predicted octanol–water partition coefficient (Wildman–Crippen LogP) is -0.0699. The zero-order chi connectivity index (χ0) is 9.94. The smallest absolute Gasteiger partial charge is 0.374 e. The maximum atomic E-state index is 12.2. The predicted molar refractivity (Wildman–Crippen MR) is 40.1 cm³/mol. The number of carboxylic acid groups (broad SMARTS) is 2. The van der Waals surface area contributed by atoms with Crippen LogP contribution in [0.3, 0.4) is 0 Å². The number of nitrogens with two attached hydrogens (primary N) is 1. The molecule has 0 aromatic heterocycles. The summed E-state index contributed by atoms with van der Waals surface area (Å²) in [7, 11) is 0. The Morgan fingerprint density at radius 3 is 2.00 bits per heavy atom. The van der Waals surface area contributed by atoms with Crippen LogP contribution in [0.5, 0.6) is 0 Å². The Balaban J connectivity index is 0. The fraction of sp³-hybridized carbons (Fsp3) is 0.600. The highest BCUT2D eigenvalue weighted by atomic mass is 35.5. The monoisotopic (exact) mass is 219 g/mol. The highest BCUT2D eigenvalue weighted by molar-refractivity contribution is 5.85. The average Bonchev–Trinajstić information content (AvgIpc) is 1.85. The van der Waals surface area contributed by atoms with Crippen molar-refractivity contribution in [3.63, 3.8) is 0 Å². The molecule has 0 rings (SSSR count). The van der Waals surface area contributed by atoms with Crippen molar-refractivity contribution in [1.29, 1.82) is 0 Å². The van der Waals surface area contributed by atoms with Crippen molar-refractivity contribution in [2.45, 2.75) is 18.4 Å². The number of rotatable bonds is 4.